The second-order valence-electron chi connectivity index (χ2n) is 4.08. The van der Waals surface area contributed by atoms with Gasteiger partial charge in [0.05, 0.1) is 5.92 Å². The molecule has 2 atom stereocenters. The summed E-state index contributed by atoms with van der Waals surface area (Å²) in [5, 5.41) is 0. The van der Waals surface area contributed by atoms with Gasteiger partial charge in [0.25, 0.3) is 0 Å². The molecule has 1 aromatic carbocycles. The molecule has 17 heavy (non-hydrogen) atoms. The van der Waals surface area contributed by atoms with Gasteiger partial charge in [-0.1, -0.05) is 30.4 Å². The van der Waals surface area contributed by atoms with Gasteiger partial charge in [0.1, 0.15) is 0 Å². The zero-order chi connectivity index (χ0) is 12.0. The van der Waals surface area contributed by atoms with Crippen LogP contribution in [-0.4, -0.2) is 5.51 Å². The fourth-order valence-electron chi connectivity index (χ4n) is 2.44. The highest BCUT2D eigenvalue weighted by atomic mass is 32.2. The van der Waals surface area contributed by atoms with Crippen molar-refractivity contribution in [1.82, 2.24) is 0 Å². The third-order valence-electron chi connectivity index (χ3n) is 3.09. The fourth-order valence-corrected chi connectivity index (χ4v) is 4.59. The minimum absolute atomic E-state index is 0.0684. The van der Waals surface area contributed by atoms with Gasteiger partial charge in [-0.3, -0.25) is 0 Å². The molecule has 0 amide bonds. The molecule has 0 fully saturated rings. The molecular formula is C13H10F3S+. The lowest BCUT2D eigenvalue weighted by atomic mass is 9.93. The van der Waals surface area contributed by atoms with Crippen LogP contribution in [0.15, 0.2) is 52.3 Å². The van der Waals surface area contributed by atoms with E-state index in [1.165, 1.54) is 0 Å². The molecule has 0 radical (unpaired) electrons. The average molecular weight is 255 g/mol. The molecule has 1 aliphatic carbocycles. The first-order chi connectivity index (χ1) is 8.09. The van der Waals surface area contributed by atoms with E-state index >= 15 is 0 Å². The first-order valence-electron chi connectivity index (χ1n) is 5.36. The van der Waals surface area contributed by atoms with Gasteiger partial charge < -0.3 is 0 Å². The van der Waals surface area contributed by atoms with Crippen LogP contribution in [0.2, 0.25) is 0 Å². The fraction of sp³-hybridized carbons (Fsp3) is 0.231. The molecule has 1 aromatic rings. The van der Waals surface area contributed by atoms with Crippen molar-refractivity contribution in [2.24, 2.45) is 0 Å². The summed E-state index contributed by atoms with van der Waals surface area (Å²) in [5.41, 5.74) is -3.31. The first-order valence-corrected chi connectivity index (χ1v) is 6.58. The Hall–Kier alpha value is -1.16. The maximum Gasteiger partial charge on any atom is 0.585 e. The number of hydrogen-bond acceptors (Lipinski definition) is 0. The van der Waals surface area contributed by atoms with Crippen molar-refractivity contribution in [3.8, 4) is 0 Å². The van der Waals surface area contributed by atoms with Gasteiger partial charge in [-0.15, -0.1) is 13.2 Å². The van der Waals surface area contributed by atoms with Crippen LogP contribution in [0.25, 0.3) is 0 Å². The van der Waals surface area contributed by atoms with Gasteiger partial charge in [0, 0.05) is 5.56 Å². The van der Waals surface area contributed by atoms with Crippen LogP contribution < -0.4 is 0 Å². The van der Waals surface area contributed by atoms with Crippen LogP contribution in [0.1, 0.15) is 17.9 Å². The van der Waals surface area contributed by atoms with Crippen LogP contribution in [0.5, 0.6) is 0 Å². The van der Waals surface area contributed by atoms with E-state index in [2.05, 4.69) is 0 Å². The highest BCUT2D eigenvalue weighted by Crippen LogP contribution is 2.53. The average Bonchev–Trinajstić information content (AvgIpc) is 2.63. The Morgan fingerprint density at radius 1 is 1.18 bits per heavy atom. The molecule has 0 N–H and O–H groups in total. The predicted octanol–water partition coefficient (Wildman–Crippen LogP) is 4.12. The van der Waals surface area contributed by atoms with Crippen LogP contribution in [0.3, 0.4) is 0 Å². The Morgan fingerprint density at radius 3 is 2.71 bits per heavy atom. The van der Waals surface area contributed by atoms with E-state index in [0.29, 0.717) is 16.2 Å². The highest BCUT2D eigenvalue weighted by Gasteiger charge is 2.62. The molecule has 0 aromatic heterocycles. The summed E-state index contributed by atoms with van der Waals surface area (Å²) in [6.07, 6.45) is 6.00. The molecule has 88 valence electrons. The SMILES string of the molecule is FC(F)(F)[S+]1C2=CC=CCC2c2ccccc21. The number of hydrogen-bond donors (Lipinski definition) is 0. The lowest BCUT2D eigenvalue weighted by molar-refractivity contribution is -0.0362. The molecule has 0 saturated carbocycles. The second-order valence-corrected chi connectivity index (χ2v) is 6.06. The van der Waals surface area contributed by atoms with Crippen molar-refractivity contribution in [3.63, 3.8) is 0 Å². The monoisotopic (exact) mass is 255 g/mol. The summed E-state index contributed by atoms with van der Waals surface area (Å²) in [6, 6.07) is 6.95. The third kappa shape index (κ3) is 1.62. The Kier molecular flexibility index (Phi) is 2.36. The first kappa shape index (κ1) is 11.0. The smallest absolute Gasteiger partial charge is 0.122 e. The van der Waals surface area contributed by atoms with Crippen molar-refractivity contribution in [3.05, 3.63) is 53.0 Å². The molecule has 2 unspecified atom stereocenters. The van der Waals surface area contributed by atoms with Crippen molar-refractivity contribution < 1.29 is 13.2 Å². The van der Waals surface area contributed by atoms with Gasteiger partial charge in [-0.05, 0) is 18.6 Å². The standard InChI is InChI=1S/C13H10F3S/c14-13(15,16)17-11-7-3-1-5-9(11)10-6-2-4-8-12(10)17/h1-5,7-8,10H,6H2/q+1. The largest absolute Gasteiger partial charge is 0.585 e. The van der Waals surface area contributed by atoms with E-state index in [9.17, 15) is 13.2 Å². The number of rotatable bonds is 0. The van der Waals surface area contributed by atoms with Gasteiger partial charge in [-0.25, -0.2) is 0 Å². The number of halogens is 3. The molecule has 3 rings (SSSR count). The van der Waals surface area contributed by atoms with E-state index in [0.717, 1.165) is 5.56 Å². The van der Waals surface area contributed by atoms with Crippen molar-refractivity contribution in [1.29, 1.82) is 0 Å². The topological polar surface area (TPSA) is 0 Å². The van der Waals surface area contributed by atoms with Crippen LogP contribution in [-0.2, 0) is 10.9 Å². The van der Waals surface area contributed by atoms with Crippen LogP contribution in [0.4, 0.5) is 13.2 Å². The van der Waals surface area contributed by atoms with E-state index in [4.69, 9.17) is 0 Å². The Morgan fingerprint density at radius 2 is 1.94 bits per heavy atom. The Labute approximate surface area is 100 Å². The van der Waals surface area contributed by atoms with Crippen molar-refractivity contribution in [2.75, 3.05) is 0 Å². The van der Waals surface area contributed by atoms with Gasteiger partial charge in [-0.2, -0.15) is 0 Å². The summed E-state index contributed by atoms with van der Waals surface area (Å²) in [4.78, 5) is 0.987. The number of benzene rings is 1. The van der Waals surface area contributed by atoms with Gasteiger partial charge >= 0.3 is 5.51 Å². The third-order valence-corrected chi connectivity index (χ3v) is 5.26. The summed E-state index contributed by atoms with van der Waals surface area (Å²) in [5.74, 6) is -0.0684. The minimum atomic E-state index is -4.16. The van der Waals surface area contributed by atoms with Crippen LogP contribution >= 0.6 is 0 Å². The zero-order valence-corrected chi connectivity index (χ0v) is 9.68. The molecule has 2 aliphatic rings. The second kappa shape index (κ2) is 3.67. The lowest BCUT2D eigenvalue weighted by Crippen LogP contribution is -2.23. The highest BCUT2D eigenvalue weighted by molar-refractivity contribution is 8.01. The quantitative estimate of drug-likeness (QED) is 0.612. The normalized spacial score (nSPS) is 26.4. The number of alkyl halides is 3. The Balaban J connectivity index is 2.20. The summed E-state index contributed by atoms with van der Waals surface area (Å²) in [6.45, 7) is 0. The summed E-state index contributed by atoms with van der Waals surface area (Å²) < 4.78 is 39.5. The molecule has 4 heteroatoms. The molecule has 0 spiro atoms. The Bertz CT molecular complexity index is 514. The molecule has 0 saturated heterocycles. The maximum atomic E-state index is 13.2. The van der Waals surface area contributed by atoms with Gasteiger partial charge in [0.15, 0.2) is 20.7 Å². The van der Waals surface area contributed by atoms with Gasteiger partial charge in [0.2, 0.25) is 0 Å². The molecule has 0 nitrogen and oxygen atoms in total. The van der Waals surface area contributed by atoms with E-state index < -0.39 is 16.4 Å². The lowest BCUT2D eigenvalue weighted by Gasteiger charge is -2.11. The van der Waals surface area contributed by atoms with E-state index in [1.54, 1.807) is 24.3 Å². The van der Waals surface area contributed by atoms with E-state index in [1.807, 2.05) is 18.2 Å². The van der Waals surface area contributed by atoms with Crippen molar-refractivity contribution in [2.45, 2.75) is 22.7 Å². The zero-order valence-electron chi connectivity index (χ0n) is 8.87. The number of fused-ring (bicyclic) bond motifs is 3. The summed E-state index contributed by atoms with van der Waals surface area (Å²) in [7, 11) is -1.73. The molecule has 1 heterocycles. The predicted molar refractivity (Wildman–Crippen MR) is 62.7 cm³/mol. The molecule has 0 bridgehead atoms. The summed E-state index contributed by atoms with van der Waals surface area (Å²) >= 11 is 0. The molecule has 1 aliphatic heterocycles. The molecular weight excluding hydrogens is 245 g/mol. The van der Waals surface area contributed by atoms with Crippen molar-refractivity contribution >= 4 is 10.9 Å². The maximum absolute atomic E-state index is 13.2. The van der Waals surface area contributed by atoms with E-state index in [-0.39, 0.29) is 5.92 Å². The number of allylic oxidation sites excluding steroid dienone is 4. The minimum Gasteiger partial charge on any atom is -0.122 e. The van der Waals surface area contributed by atoms with Crippen LogP contribution in [0, 0.1) is 0 Å².